The summed E-state index contributed by atoms with van der Waals surface area (Å²) in [5.41, 5.74) is 2.46. The summed E-state index contributed by atoms with van der Waals surface area (Å²) < 4.78 is 14.5. The zero-order chi connectivity index (χ0) is 21.1. The molecule has 0 aromatic heterocycles. The van der Waals surface area contributed by atoms with Crippen molar-refractivity contribution in [3.05, 3.63) is 57.8 Å². The third-order valence-corrected chi connectivity index (χ3v) is 7.08. The van der Waals surface area contributed by atoms with E-state index in [1.165, 1.54) is 32.1 Å². The summed E-state index contributed by atoms with van der Waals surface area (Å²) in [7, 11) is 0. The summed E-state index contributed by atoms with van der Waals surface area (Å²) in [6, 6.07) is 11.4. The van der Waals surface area contributed by atoms with Crippen molar-refractivity contribution in [1.82, 2.24) is 4.90 Å². The van der Waals surface area contributed by atoms with Crippen molar-refractivity contribution >= 4 is 34.6 Å². The lowest BCUT2D eigenvalue weighted by Crippen LogP contribution is -2.50. The molecule has 4 rings (SSSR count). The molecular weight excluding hydrogens is 420 g/mol. The minimum absolute atomic E-state index is 0.136. The van der Waals surface area contributed by atoms with Gasteiger partial charge in [0.2, 0.25) is 0 Å². The molecule has 2 fully saturated rings. The third kappa shape index (κ3) is 5.04. The molecule has 1 saturated carbocycles. The normalized spacial score (nSPS) is 19.7. The highest BCUT2D eigenvalue weighted by Gasteiger charge is 2.25. The van der Waals surface area contributed by atoms with Crippen LogP contribution in [0.2, 0.25) is 10.0 Å². The lowest BCUT2D eigenvalue weighted by Gasteiger charge is -2.41. The van der Waals surface area contributed by atoms with Crippen molar-refractivity contribution in [1.29, 1.82) is 0 Å². The number of nitrogens with zero attached hydrogens (tertiary/aromatic N) is 2. The molecule has 6 heteroatoms. The molecule has 162 valence electrons. The molecule has 1 heterocycles. The first kappa shape index (κ1) is 21.7. The van der Waals surface area contributed by atoms with E-state index in [2.05, 4.69) is 15.1 Å². The SMILES string of the molecule is C[C@@H](Nc1cc(N2CCN(C3CCCCC3)CC2)ccc1F)c1ccc(Cl)cc1Cl. The van der Waals surface area contributed by atoms with Gasteiger partial charge < -0.3 is 10.2 Å². The van der Waals surface area contributed by atoms with Crippen LogP contribution in [-0.2, 0) is 0 Å². The Bertz CT molecular complexity index is 862. The molecule has 1 saturated heterocycles. The molecule has 0 unspecified atom stereocenters. The maximum absolute atomic E-state index is 14.5. The highest BCUT2D eigenvalue weighted by molar-refractivity contribution is 6.35. The van der Waals surface area contributed by atoms with Gasteiger partial charge in [0.05, 0.1) is 11.7 Å². The Kier molecular flexibility index (Phi) is 7.07. The Labute approximate surface area is 189 Å². The smallest absolute Gasteiger partial charge is 0.146 e. The van der Waals surface area contributed by atoms with Gasteiger partial charge in [-0.3, -0.25) is 4.90 Å². The quantitative estimate of drug-likeness (QED) is 0.543. The fourth-order valence-corrected chi connectivity index (χ4v) is 5.35. The lowest BCUT2D eigenvalue weighted by molar-refractivity contribution is 0.148. The molecule has 2 aliphatic rings. The first-order valence-corrected chi connectivity index (χ1v) is 11.8. The van der Waals surface area contributed by atoms with E-state index in [4.69, 9.17) is 23.2 Å². The van der Waals surface area contributed by atoms with E-state index in [0.29, 0.717) is 15.7 Å². The molecule has 1 aliphatic carbocycles. The summed E-state index contributed by atoms with van der Waals surface area (Å²) >= 11 is 12.3. The number of rotatable bonds is 5. The van der Waals surface area contributed by atoms with E-state index < -0.39 is 0 Å². The molecule has 1 aliphatic heterocycles. The first-order chi connectivity index (χ1) is 14.5. The maximum atomic E-state index is 14.5. The Morgan fingerprint density at radius 3 is 2.40 bits per heavy atom. The molecule has 2 aromatic rings. The van der Waals surface area contributed by atoms with E-state index in [1.807, 2.05) is 25.1 Å². The van der Waals surface area contributed by atoms with E-state index in [-0.39, 0.29) is 11.9 Å². The van der Waals surface area contributed by atoms with E-state index in [9.17, 15) is 4.39 Å². The predicted molar refractivity (Wildman–Crippen MR) is 126 cm³/mol. The fraction of sp³-hybridized carbons (Fsp3) is 0.500. The van der Waals surface area contributed by atoms with Crippen LogP contribution in [0.4, 0.5) is 15.8 Å². The summed E-state index contributed by atoms with van der Waals surface area (Å²) in [5.74, 6) is -0.253. The van der Waals surface area contributed by atoms with E-state index in [0.717, 1.165) is 43.5 Å². The van der Waals surface area contributed by atoms with Gasteiger partial charge in [-0.25, -0.2) is 4.39 Å². The summed E-state index contributed by atoms with van der Waals surface area (Å²) in [6.45, 7) is 6.12. The topological polar surface area (TPSA) is 18.5 Å². The first-order valence-electron chi connectivity index (χ1n) is 11.0. The van der Waals surface area contributed by atoms with Crippen molar-refractivity contribution in [3.8, 4) is 0 Å². The summed E-state index contributed by atoms with van der Waals surface area (Å²) in [6.07, 6.45) is 6.81. The van der Waals surface area contributed by atoms with E-state index >= 15 is 0 Å². The molecule has 1 atom stereocenters. The van der Waals surface area contributed by atoms with Crippen LogP contribution >= 0.6 is 23.2 Å². The second kappa shape index (κ2) is 9.76. The molecule has 2 aromatic carbocycles. The third-order valence-electron chi connectivity index (χ3n) is 6.52. The van der Waals surface area contributed by atoms with Crippen molar-refractivity contribution in [2.45, 2.75) is 51.1 Å². The Morgan fingerprint density at radius 1 is 0.967 bits per heavy atom. The Morgan fingerprint density at radius 2 is 1.70 bits per heavy atom. The maximum Gasteiger partial charge on any atom is 0.146 e. The molecule has 0 bridgehead atoms. The van der Waals surface area contributed by atoms with Gasteiger partial charge in [0.15, 0.2) is 0 Å². The van der Waals surface area contributed by atoms with Crippen LogP contribution in [0, 0.1) is 5.82 Å². The standard InChI is InChI=1S/C24H30Cl2FN3/c1-17(21-9-7-18(25)15-22(21)26)28-24-16-20(8-10-23(24)27)30-13-11-29(12-14-30)19-5-3-2-4-6-19/h7-10,15-17,19,28H,2-6,11-14H2,1H3/t17-/m1/s1. The van der Waals surface area contributed by atoms with Gasteiger partial charge in [-0.05, 0) is 55.7 Å². The van der Waals surface area contributed by atoms with Crippen molar-refractivity contribution in [2.75, 3.05) is 36.4 Å². The second-order valence-electron chi connectivity index (χ2n) is 8.51. The highest BCUT2D eigenvalue weighted by atomic mass is 35.5. The van der Waals surface area contributed by atoms with Gasteiger partial charge in [-0.15, -0.1) is 0 Å². The van der Waals surface area contributed by atoms with Crippen LogP contribution in [0.3, 0.4) is 0 Å². The number of hydrogen-bond acceptors (Lipinski definition) is 3. The number of anilines is 2. The number of hydrogen-bond donors (Lipinski definition) is 1. The molecule has 3 nitrogen and oxygen atoms in total. The molecule has 0 amide bonds. The van der Waals surface area contributed by atoms with Crippen LogP contribution in [0.5, 0.6) is 0 Å². The minimum Gasteiger partial charge on any atom is -0.376 e. The number of benzene rings is 2. The molecule has 30 heavy (non-hydrogen) atoms. The van der Waals surface area contributed by atoms with Crippen molar-refractivity contribution in [2.24, 2.45) is 0 Å². The summed E-state index contributed by atoms with van der Waals surface area (Å²) in [5, 5.41) is 4.46. The minimum atomic E-state index is -0.253. The predicted octanol–water partition coefficient (Wildman–Crippen LogP) is 6.76. The zero-order valence-electron chi connectivity index (χ0n) is 17.5. The highest BCUT2D eigenvalue weighted by Crippen LogP contribution is 2.31. The van der Waals surface area contributed by atoms with Crippen LogP contribution in [-0.4, -0.2) is 37.1 Å². The van der Waals surface area contributed by atoms with Crippen molar-refractivity contribution in [3.63, 3.8) is 0 Å². The molecule has 0 radical (unpaired) electrons. The zero-order valence-corrected chi connectivity index (χ0v) is 19.0. The number of nitrogens with one attached hydrogen (secondary N) is 1. The van der Waals surface area contributed by atoms with Crippen LogP contribution in [0.25, 0.3) is 0 Å². The second-order valence-corrected chi connectivity index (χ2v) is 9.35. The van der Waals surface area contributed by atoms with Crippen molar-refractivity contribution < 1.29 is 4.39 Å². The van der Waals surface area contributed by atoms with Gasteiger partial charge in [-0.2, -0.15) is 0 Å². The fourth-order valence-electron chi connectivity index (χ4n) is 4.78. The molecule has 0 spiro atoms. The van der Waals surface area contributed by atoms with Gasteiger partial charge in [0.1, 0.15) is 5.82 Å². The van der Waals surface area contributed by atoms with Crippen LogP contribution in [0.15, 0.2) is 36.4 Å². The van der Waals surface area contributed by atoms with Gasteiger partial charge in [-0.1, -0.05) is 48.5 Å². The largest absolute Gasteiger partial charge is 0.376 e. The van der Waals surface area contributed by atoms with Crippen LogP contribution in [0.1, 0.15) is 50.6 Å². The number of piperazine rings is 1. The Hall–Kier alpha value is -1.49. The van der Waals surface area contributed by atoms with Gasteiger partial charge in [0, 0.05) is 48.0 Å². The Balaban J connectivity index is 1.42. The average Bonchev–Trinajstić information content (AvgIpc) is 2.76. The van der Waals surface area contributed by atoms with Crippen LogP contribution < -0.4 is 10.2 Å². The monoisotopic (exact) mass is 449 g/mol. The lowest BCUT2D eigenvalue weighted by atomic mass is 9.94. The summed E-state index contributed by atoms with van der Waals surface area (Å²) in [4.78, 5) is 5.02. The number of halogens is 3. The average molecular weight is 450 g/mol. The molecular formula is C24H30Cl2FN3. The van der Waals surface area contributed by atoms with E-state index in [1.54, 1.807) is 18.2 Å². The van der Waals surface area contributed by atoms with Gasteiger partial charge >= 0.3 is 0 Å². The molecule has 1 N–H and O–H groups in total. The van der Waals surface area contributed by atoms with Gasteiger partial charge in [0.25, 0.3) is 0 Å².